The molecular weight excluding hydrogens is 315 g/mol. The maximum Gasteiger partial charge on any atom is 0.231 e. The zero-order valence-electron chi connectivity index (χ0n) is 12.5. The molecule has 23 heavy (non-hydrogen) atoms. The van der Waals surface area contributed by atoms with Crippen LogP contribution in [0.1, 0.15) is 13.3 Å². The summed E-state index contributed by atoms with van der Waals surface area (Å²) >= 11 is 1.34. The van der Waals surface area contributed by atoms with E-state index in [9.17, 15) is 9.18 Å². The Kier molecular flexibility index (Phi) is 4.26. The van der Waals surface area contributed by atoms with Crippen molar-refractivity contribution in [2.45, 2.75) is 19.4 Å². The maximum atomic E-state index is 13.0. The number of likely N-dealkylation sites (tertiary alicyclic amines) is 1. The smallest absolute Gasteiger partial charge is 0.231 e. The molecule has 118 valence electrons. The summed E-state index contributed by atoms with van der Waals surface area (Å²) in [6.45, 7) is 2.49. The molecule has 2 heterocycles. The van der Waals surface area contributed by atoms with E-state index in [0.29, 0.717) is 18.1 Å². The molecule has 0 radical (unpaired) electrons. The molecule has 0 bridgehead atoms. The number of nitrogens with zero attached hydrogens (tertiary/aromatic N) is 3. The SMILES string of the molecule is CC1C(C(=O)Nc2ncc(-c3ccc(F)cc3)s2)CCN1C#N. The summed E-state index contributed by atoms with van der Waals surface area (Å²) in [5, 5.41) is 12.3. The molecule has 2 aromatic rings. The number of thiazole rings is 1. The molecule has 1 aromatic carbocycles. The van der Waals surface area contributed by atoms with Crippen LogP contribution in [-0.4, -0.2) is 28.4 Å². The molecule has 1 aromatic heterocycles. The van der Waals surface area contributed by atoms with Crippen molar-refractivity contribution in [1.82, 2.24) is 9.88 Å². The predicted octanol–water partition coefficient (Wildman–Crippen LogP) is 3.08. The van der Waals surface area contributed by atoms with Crippen LogP contribution in [0.15, 0.2) is 30.5 Å². The number of anilines is 1. The Labute approximate surface area is 137 Å². The summed E-state index contributed by atoms with van der Waals surface area (Å²) in [7, 11) is 0. The van der Waals surface area contributed by atoms with Crippen LogP contribution in [-0.2, 0) is 4.79 Å². The van der Waals surface area contributed by atoms with E-state index >= 15 is 0 Å². The summed E-state index contributed by atoms with van der Waals surface area (Å²) < 4.78 is 13.0. The van der Waals surface area contributed by atoms with Crippen LogP contribution in [0.25, 0.3) is 10.4 Å². The zero-order chi connectivity index (χ0) is 16.4. The number of hydrogen-bond acceptors (Lipinski definition) is 5. The lowest BCUT2D eigenvalue weighted by molar-refractivity contribution is -0.120. The van der Waals surface area contributed by atoms with E-state index in [4.69, 9.17) is 5.26 Å². The molecule has 3 rings (SSSR count). The summed E-state index contributed by atoms with van der Waals surface area (Å²) in [5.74, 6) is -0.618. The molecule has 0 aliphatic carbocycles. The van der Waals surface area contributed by atoms with Crippen LogP contribution in [0.4, 0.5) is 9.52 Å². The van der Waals surface area contributed by atoms with Gasteiger partial charge < -0.3 is 10.2 Å². The quantitative estimate of drug-likeness (QED) is 0.878. The van der Waals surface area contributed by atoms with Gasteiger partial charge in [-0.2, -0.15) is 5.26 Å². The molecule has 5 nitrogen and oxygen atoms in total. The summed E-state index contributed by atoms with van der Waals surface area (Å²) in [6, 6.07) is 6.04. The second-order valence-electron chi connectivity index (χ2n) is 5.45. The van der Waals surface area contributed by atoms with E-state index in [1.807, 2.05) is 6.92 Å². The number of benzene rings is 1. The van der Waals surface area contributed by atoms with Crippen LogP contribution < -0.4 is 5.32 Å². The van der Waals surface area contributed by atoms with Gasteiger partial charge in [-0.05, 0) is 31.0 Å². The number of rotatable bonds is 3. The minimum atomic E-state index is -0.288. The molecular formula is C16H15FN4OS. The lowest BCUT2D eigenvalue weighted by atomic mass is 10.0. The summed E-state index contributed by atoms with van der Waals surface area (Å²) in [6.07, 6.45) is 4.43. The van der Waals surface area contributed by atoms with Gasteiger partial charge in [0.05, 0.1) is 10.8 Å². The van der Waals surface area contributed by atoms with E-state index in [1.54, 1.807) is 23.2 Å². The predicted molar refractivity (Wildman–Crippen MR) is 86.0 cm³/mol. The number of nitrogens with one attached hydrogen (secondary N) is 1. The Morgan fingerprint density at radius 2 is 2.22 bits per heavy atom. The first-order valence-electron chi connectivity index (χ1n) is 7.27. The third-order valence-electron chi connectivity index (χ3n) is 4.08. The van der Waals surface area contributed by atoms with Gasteiger partial charge in [0.25, 0.3) is 0 Å². The standard InChI is InChI=1S/C16H15FN4OS/c1-10-13(6-7-21(10)9-18)15(22)20-16-19-8-14(23-16)11-2-4-12(17)5-3-11/h2-5,8,10,13H,6-7H2,1H3,(H,19,20,22). The minimum Gasteiger partial charge on any atom is -0.307 e. The van der Waals surface area contributed by atoms with Gasteiger partial charge in [0, 0.05) is 18.8 Å². The number of aromatic nitrogens is 1. The lowest BCUT2D eigenvalue weighted by Gasteiger charge is -2.18. The van der Waals surface area contributed by atoms with E-state index in [1.165, 1.54) is 23.5 Å². The molecule has 1 N–H and O–H groups in total. The van der Waals surface area contributed by atoms with Gasteiger partial charge in [-0.15, -0.1) is 0 Å². The first kappa shape index (κ1) is 15.4. The Bertz CT molecular complexity index is 752. The third-order valence-corrected chi connectivity index (χ3v) is 5.05. The van der Waals surface area contributed by atoms with Crippen molar-refractivity contribution in [3.63, 3.8) is 0 Å². The molecule has 1 amide bonds. The van der Waals surface area contributed by atoms with E-state index in [-0.39, 0.29) is 23.7 Å². The van der Waals surface area contributed by atoms with Gasteiger partial charge in [-0.25, -0.2) is 9.37 Å². The van der Waals surface area contributed by atoms with Crippen molar-refractivity contribution in [2.24, 2.45) is 5.92 Å². The lowest BCUT2D eigenvalue weighted by Crippen LogP contribution is -2.32. The molecule has 7 heteroatoms. The highest BCUT2D eigenvalue weighted by atomic mass is 32.1. The topological polar surface area (TPSA) is 69.0 Å². The highest BCUT2D eigenvalue weighted by molar-refractivity contribution is 7.19. The minimum absolute atomic E-state index is 0.100. The van der Waals surface area contributed by atoms with Crippen molar-refractivity contribution in [3.8, 4) is 16.6 Å². The van der Waals surface area contributed by atoms with Crippen molar-refractivity contribution >= 4 is 22.4 Å². The van der Waals surface area contributed by atoms with Crippen molar-refractivity contribution in [1.29, 1.82) is 5.26 Å². The highest BCUT2D eigenvalue weighted by Gasteiger charge is 2.35. The molecule has 0 saturated carbocycles. The Hall–Kier alpha value is -2.46. The fourth-order valence-electron chi connectivity index (χ4n) is 2.71. The first-order chi connectivity index (χ1) is 11.1. The van der Waals surface area contributed by atoms with Gasteiger partial charge in [-0.1, -0.05) is 23.5 Å². The number of carbonyl (C=O) groups excluding carboxylic acids is 1. The Morgan fingerprint density at radius 1 is 1.48 bits per heavy atom. The third kappa shape index (κ3) is 3.17. The van der Waals surface area contributed by atoms with Gasteiger partial charge in [0.1, 0.15) is 5.82 Å². The second kappa shape index (κ2) is 6.34. The number of halogens is 1. The van der Waals surface area contributed by atoms with Crippen LogP contribution in [0.2, 0.25) is 0 Å². The normalized spacial score (nSPS) is 20.3. The average molecular weight is 330 g/mol. The Morgan fingerprint density at radius 3 is 2.87 bits per heavy atom. The molecule has 0 spiro atoms. The average Bonchev–Trinajstić information content (AvgIpc) is 3.14. The molecule has 2 atom stereocenters. The molecule has 1 aliphatic rings. The molecule has 1 fully saturated rings. The largest absolute Gasteiger partial charge is 0.307 e. The maximum absolute atomic E-state index is 13.0. The van der Waals surface area contributed by atoms with Crippen molar-refractivity contribution in [3.05, 3.63) is 36.3 Å². The number of nitriles is 1. The van der Waals surface area contributed by atoms with Gasteiger partial charge in [0.2, 0.25) is 5.91 Å². The van der Waals surface area contributed by atoms with Gasteiger partial charge in [0.15, 0.2) is 11.3 Å². The fraction of sp³-hybridized carbons (Fsp3) is 0.312. The second-order valence-corrected chi connectivity index (χ2v) is 6.49. The van der Waals surface area contributed by atoms with Crippen LogP contribution >= 0.6 is 11.3 Å². The molecule has 1 saturated heterocycles. The monoisotopic (exact) mass is 330 g/mol. The van der Waals surface area contributed by atoms with Crippen molar-refractivity contribution in [2.75, 3.05) is 11.9 Å². The summed E-state index contributed by atoms with van der Waals surface area (Å²) in [5.41, 5.74) is 0.856. The van der Waals surface area contributed by atoms with Gasteiger partial charge >= 0.3 is 0 Å². The first-order valence-corrected chi connectivity index (χ1v) is 8.09. The van der Waals surface area contributed by atoms with E-state index in [2.05, 4.69) is 16.5 Å². The van der Waals surface area contributed by atoms with E-state index in [0.717, 1.165) is 10.4 Å². The zero-order valence-corrected chi connectivity index (χ0v) is 13.3. The molecule has 2 unspecified atom stereocenters. The summed E-state index contributed by atoms with van der Waals surface area (Å²) in [4.78, 5) is 19.0. The molecule has 1 aliphatic heterocycles. The fourth-order valence-corrected chi connectivity index (χ4v) is 3.53. The number of amides is 1. The van der Waals surface area contributed by atoms with Crippen molar-refractivity contribution < 1.29 is 9.18 Å². The van der Waals surface area contributed by atoms with Crippen LogP contribution in [0.3, 0.4) is 0 Å². The van der Waals surface area contributed by atoms with Crippen LogP contribution in [0.5, 0.6) is 0 Å². The number of hydrogen-bond donors (Lipinski definition) is 1. The van der Waals surface area contributed by atoms with E-state index < -0.39 is 0 Å². The van der Waals surface area contributed by atoms with Gasteiger partial charge in [-0.3, -0.25) is 4.79 Å². The highest BCUT2D eigenvalue weighted by Crippen LogP contribution is 2.30. The van der Waals surface area contributed by atoms with Crippen LogP contribution in [0, 0.1) is 23.2 Å². The number of carbonyl (C=O) groups is 1. The Balaban J connectivity index is 1.69.